The van der Waals surface area contributed by atoms with Gasteiger partial charge >= 0.3 is 0 Å². The van der Waals surface area contributed by atoms with Crippen molar-refractivity contribution in [2.75, 3.05) is 13.1 Å². The number of nitrogens with one attached hydrogen (secondary N) is 1. The molecule has 1 amide bonds. The number of carbonyl (C=O) groups excluding carboxylic acids is 1. The van der Waals surface area contributed by atoms with Crippen LogP contribution in [0, 0.1) is 5.82 Å². The summed E-state index contributed by atoms with van der Waals surface area (Å²) in [5, 5.41) is 7.23. The lowest BCUT2D eigenvalue weighted by Crippen LogP contribution is -2.39. The highest BCUT2D eigenvalue weighted by Crippen LogP contribution is 2.33. The normalized spacial score (nSPS) is 17.3. The number of pyridine rings is 1. The van der Waals surface area contributed by atoms with E-state index in [0.29, 0.717) is 12.2 Å². The van der Waals surface area contributed by atoms with Crippen LogP contribution in [0.2, 0.25) is 0 Å². The van der Waals surface area contributed by atoms with E-state index in [1.807, 2.05) is 17.0 Å². The van der Waals surface area contributed by atoms with E-state index in [4.69, 9.17) is 0 Å². The van der Waals surface area contributed by atoms with E-state index in [9.17, 15) is 9.18 Å². The Morgan fingerprint density at radius 1 is 1.23 bits per heavy atom. The molecule has 2 aromatic heterocycles. The maximum Gasteiger partial charge on any atom is 0.272 e. The van der Waals surface area contributed by atoms with Gasteiger partial charge in [0.1, 0.15) is 11.5 Å². The fourth-order valence-corrected chi connectivity index (χ4v) is 3.54. The quantitative estimate of drug-likeness (QED) is 0.785. The summed E-state index contributed by atoms with van der Waals surface area (Å²) in [5.41, 5.74) is 3.10. The molecule has 1 N–H and O–H groups in total. The van der Waals surface area contributed by atoms with Gasteiger partial charge in [0.2, 0.25) is 0 Å². The zero-order valence-corrected chi connectivity index (χ0v) is 14.2. The molecule has 26 heavy (non-hydrogen) atoms. The van der Waals surface area contributed by atoms with Crippen molar-refractivity contribution in [3.05, 3.63) is 72.1 Å². The predicted octanol–water partition coefficient (Wildman–Crippen LogP) is 3.63. The lowest BCUT2D eigenvalue weighted by atomic mass is 9.90. The Morgan fingerprint density at radius 2 is 2.15 bits per heavy atom. The first kappa shape index (κ1) is 16.4. The van der Waals surface area contributed by atoms with Gasteiger partial charge in [0.15, 0.2) is 0 Å². The van der Waals surface area contributed by atoms with E-state index < -0.39 is 0 Å². The van der Waals surface area contributed by atoms with Crippen LogP contribution in [-0.2, 0) is 0 Å². The molecule has 1 aliphatic rings. The van der Waals surface area contributed by atoms with Crippen molar-refractivity contribution in [2.24, 2.45) is 0 Å². The summed E-state index contributed by atoms with van der Waals surface area (Å²) in [6.07, 6.45) is 5.22. The minimum Gasteiger partial charge on any atom is -0.337 e. The number of piperidine rings is 1. The van der Waals surface area contributed by atoms with Gasteiger partial charge in [-0.15, -0.1) is 0 Å². The summed E-state index contributed by atoms with van der Waals surface area (Å²) in [4.78, 5) is 18.7. The number of aromatic amines is 1. The second-order valence-electron chi connectivity index (χ2n) is 6.51. The molecule has 5 nitrogen and oxygen atoms in total. The molecule has 4 rings (SSSR count). The second kappa shape index (κ2) is 7.07. The van der Waals surface area contributed by atoms with Gasteiger partial charge in [0, 0.05) is 36.5 Å². The van der Waals surface area contributed by atoms with Crippen molar-refractivity contribution >= 4 is 5.91 Å². The number of aromatic nitrogens is 3. The third-order valence-corrected chi connectivity index (χ3v) is 4.81. The number of likely N-dealkylation sites (tertiary alicyclic amines) is 1. The Labute approximate surface area is 150 Å². The van der Waals surface area contributed by atoms with Crippen LogP contribution in [0.25, 0.3) is 11.1 Å². The molecular weight excluding hydrogens is 331 g/mol. The van der Waals surface area contributed by atoms with Crippen molar-refractivity contribution < 1.29 is 9.18 Å². The molecule has 1 aromatic carbocycles. The largest absolute Gasteiger partial charge is 0.337 e. The van der Waals surface area contributed by atoms with Crippen molar-refractivity contribution in [2.45, 2.75) is 18.8 Å². The first-order chi connectivity index (χ1) is 12.7. The molecule has 1 fully saturated rings. The fraction of sp³-hybridized carbons (Fsp3) is 0.250. The molecule has 6 heteroatoms. The van der Waals surface area contributed by atoms with Crippen molar-refractivity contribution in [1.82, 2.24) is 20.1 Å². The van der Waals surface area contributed by atoms with Crippen LogP contribution in [0.4, 0.5) is 4.39 Å². The smallest absolute Gasteiger partial charge is 0.272 e. The number of hydrogen-bond acceptors (Lipinski definition) is 3. The second-order valence-corrected chi connectivity index (χ2v) is 6.51. The van der Waals surface area contributed by atoms with Gasteiger partial charge in [-0.3, -0.25) is 14.9 Å². The maximum atomic E-state index is 13.6. The molecular formula is C20H19FN4O. The van der Waals surface area contributed by atoms with Gasteiger partial charge in [-0.05, 0) is 42.7 Å². The summed E-state index contributed by atoms with van der Waals surface area (Å²) in [6.45, 7) is 1.31. The monoisotopic (exact) mass is 350 g/mol. The average molecular weight is 350 g/mol. The van der Waals surface area contributed by atoms with Gasteiger partial charge in [-0.25, -0.2) is 4.39 Å². The summed E-state index contributed by atoms with van der Waals surface area (Å²) >= 11 is 0. The van der Waals surface area contributed by atoms with Crippen molar-refractivity contribution in [1.29, 1.82) is 0 Å². The standard InChI is InChI=1S/C20H19FN4O/c21-16-7-3-5-14(11-16)17-12-23-24-19(17)15-6-4-10-25(13-15)20(26)18-8-1-2-9-22-18/h1-3,5,7-9,11-12,15H,4,6,10,13H2,(H,23,24)/t15-/m0/s1. The van der Waals surface area contributed by atoms with Crippen LogP contribution in [0.5, 0.6) is 0 Å². The summed E-state index contributed by atoms with van der Waals surface area (Å²) < 4.78 is 13.6. The van der Waals surface area contributed by atoms with Gasteiger partial charge < -0.3 is 4.90 Å². The average Bonchev–Trinajstić information content (AvgIpc) is 3.18. The molecule has 1 aliphatic heterocycles. The number of amides is 1. The topological polar surface area (TPSA) is 61.9 Å². The Morgan fingerprint density at radius 3 is 2.96 bits per heavy atom. The van der Waals surface area contributed by atoms with Crippen molar-refractivity contribution in [3.63, 3.8) is 0 Å². The van der Waals surface area contributed by atoms with Gasteiger partial charge in [0.25, 0.3) is 5.91 Å². The van der Waals surface area contributed by atoms with E-state index in [0.717, 1.165) is 36.2 Å². The van der Waals surface area contributed by atoms with Crippen LogP contribution < -0.4 is 0 Å². The Bertz CT molecular complexity index is 909. The number of carbonyl (C=O) groups is 1. The number of rotatable bonds is 3. The number of H-pyrrole nitrogens is 1. The van der Waals surface area contributed by atoms with E-state index in [1.165, 1.54) is 12.1 Å². The van der Waals surface area contributed by atoms with Gasteiger partial charge in [0.05, 0.1) is 6.20 Å². The minimum absolute atomic E-state index is 0.0536. The Balaban J connectivity index is 1.58. The van der Waals surface area contributed by atoms with Crippen molar-refractivity contribution in [3.8, 4) is 11.1 Å². The lowest BCUT2D eigenvalue weighted by molar-refractivity contribution is 0.0700. The van der Waals surface area contributed by atoms with E-state index >= 15 is 0 Å². The molecule has 3 aromatic rings. The zero-order valence-electron chi connectivity index (χ0n) is 14.2. The van der Waals surface area contributed by atoms with Crippen LogP contribution in [-0.4, -0.2) is 39.1 Å². The predicted molar refractivity (Wildman–Crippen MR) is 96.1 cm³/mol. The first-order valence-corrected chi connectivity index (χ1v) is 8.72. The molecule has 1 saturated heterocycles. The van der Waals surface area contributed by atoms with Gasteiger partial charge in [-0.1, -0.05) is 18.2 Å². The lowest BCUT2D eigenvalue weighted by Gasteiger charge is -2.32. The molecule has 0 saturated carbocycles. The SMILES string of the molecule is O=C(c1ccccn1)N1CCC[C@H](c2[nH]ncc2-c2cccc(F)c2)C1. The highest BCUT2D eigenvalue weighted by Gasteiger charge is 2.28. The molecule has 0 aliphatic carbocycles. The first-order valence-electron chi connectivity index (χ1n) is 8.72. The molecule has 0 bridgehead atoms. The summed E-state index contributed by atoms with van der Waals surface area (Å²) in [7, 11) is 0. The summed E-state index contributed by atoms with van der Waals surface area (Å²) in [5.74, 6) is -0.190. The Hall–Kier alpha value is -3.02. The van der Waals surface area contributed by atoms with Crippen LogP contribution >= 0.6 is 0 Å². The molecule has 132 valence electrons. The van der Waals surface area contributed by atoms with E-state index in [-0.39, 0.29) is 17.6 Å². The number of halogens is 1. The molecule has 3 heterocycles. The van der Waals surface area contributed by atoms with E-state index in [1.54, 1.807) is 30.6 Å². The van der Waals surface area contributed by atoms with Crippen LogP contribution in [0.3, 0.4) is 0 Å². The van der Waals surface area contributed by atoms with Gasteiger partial charge in [-0.2, -0.15) is 5.10 Å². The zero-order chi connectivity index (χ0) is 17.9. The minimum atomic E-state index is -0.273. The molecule has 0 spiro atoms. The van der Waals surface area contributed by atoms with Crippen LogP contribution in [0.1, 0.15) is 34.9 Å². The Kier molecular flexibility index (Phi) is 4.48. The summed E-state index contributed by atoms with van der Waals surface area (Å²) in [6, 6.07) is 11.9. The highest BCUT2D eigenvalue weighted by molar-refractivity contribution is 5.92. The van der Waals surface area contributed by atoms with Crippen LogP contribution in [0.15, 0.2) is 54.9 Å². The number of benzene rings is 1. The van der Waals surface area contributed by atoms with E-state index in [2.05, 4.69) is 15.2 Å². The third kappa shape index (κ3) is 3.22. The molecule has 1 atom stereocenters. The molecule has 0 unspecified atom stereocenters. The third-order valence-electron chi connectivity index (χ3n) is 4.81. The maximum absolute atomic E-state index is 13.6. The molecule has 0 radical (unpaired) electrons. The fourth-order valence-electron chi connectivity index (χ4n) is 3.54. The highest BCUT2D eigenvalue weighted by atomic mass is 19.1. The number of hydrogen-bond donors (Lipinski definition) is 1. The number of nitrogens with zero attached hydrogens (tertiary/aromatic N) is 3.